The summed E-state index contributed by atoms with van der Waals surface area (Å²) in [6.07, 6.45) is 0.959. The minimum absolute atomic E-state index is 0.298. The minimum Gasteiger partial charge on any atom is -0.384 e. The van der Waals surface area contributed by atoms with Crippen molar-refractivity contribution in [3.63, 3.8) is 0 Å². The molecule has 2 nitrogen and oxygen atoms in total. The molecule has 0 aliphatic carbocycles. The normalized spacial score (nSPS) is 13.5. The van der Waals surface area contributed by atoms with Crippen molar-refractivity contribution in [2.75, 3.05) is 20.6 Å². The molecule has 0 aromatic heterocycles. The highest BCUT2D eigenvalue weighted by molar-refractivity contribution is 5.70. The van der Waals surface area contributed by atoms with Gasteiger partial charge in [0.25, 0.3) is 0 Å². The van der Waals surface area contributed by atoms with Crippen LogP contribution in [-0.4, -0.2) is 30.6 Å². The first-order chi connectivity index (χ1) is 10.1. The molecule has 0 saturated heterocycles. The first-order valence-corrected chi connectivity index (χ1v) is 6.92. The van der Waals surface area contributed by atoms with E-state index in [4.69, 9.17) is 0 Å². The zero-order valence-corrected chi connectivity index (χ0v) is 12.3. The van der Waals surface area contributed by atoms with Gasteiger partial charge in [-0.05, 0) is 31.3 Å². The summed E-state index contributed by atoms with van der Waals surface area (Å²) in [7, 11) is 3.91. The summed E-state index contributed by atoms with van der Waals surface area (Å²) in [4.78, 5) is 2.00. The summed E-state index contributed by atoms with van der Waals surface area (Å²) >= 11 is 0. The Balaban J connectivity index is 2.40. The predicted octanol–water partition coefficient (Wildman–Crippen LogP) is 3.50. The van der Waals surface area contributed by atoms with E-state index in [1.54, 1.807) is 18.2 Å². The number of rotatable bonds is 5. The number of benzene rings is 2. The smallest absolute Gasteiger partial charge is 0.129 e. The lowest BCUT2D eigenvalue weighted by molar-refractivity contribution is 0.232. The molecule has 0 spiro atoms. The van der Waals surface area contributed by atoms with Crippen molar-refractivity contribution >= 4 is 5.57 Å². The third-order valence-corrected chi connectivity index (χ3v) is 3.28. The molecule has 0 saturated carbocycles. The molecule has 0 aliphatic heterocycles. The maximum Gasteiger partial charge on any atom is 0.129 e. The molecule has 2 aromatic rings. The SMILES string of the molecule is CN(C)CC=C(c1ccccc1)C(O)c1ccccc1F. The Hall–Kier alpha value is -1.97. The zero-order chi connectivity index (χ0) is 15.2. The van der Waals surface area contributed by atoms with Gasteiger partial charge in [-0.2, -0.15) is 0 Å². The first kappa shape index (κ1) is 15.4. The Morgan fingerprint density at radius 3 is 2.33 bits per heavy atom. The molecule has 1 atom stereocenters. The molecule has 2 rings (SSSR count). The van der Waals surface area contributed by atoms with Crippen molar-refractivity contribution < 1.29 is 9.50 Å². The number of aliphatic hydroxyl groups excluding tert-OH is 1. The number of hydrogen-bond donors (Lipinski definition) is 1. The van der Waals surface area contributed by atoms with Crippen molar-refractivity contribution in [2.24, 2.45) is 0 Å². The average molecular weight is 285 g/mol. The Labute approximate surface area is 125 Å². The second kappa shape index (κ2) is 7.16. The van der Waals surface area contributed by atoms with Crippen LogP contribution in [0.5, 0.6) is 0 Å². The van der Waals surface area contributed by atoms with Gasteiger partial charge < -0.3 is 10.0 Å². The van der Waals surface area contributed by atoms with Crippen molar-refractivity contribution in [3.05, 3.63) is 77.6 Å². The summed E-state index contributed by atoms with van der Waals surface area (Å²) < 4.78 is 13.9. The predicted molar refractivity (Wildman–Crippen MR) is 84.3 cm³/mol. The van der Waals surface area contributed by atoms with Crippen LogP contribution in [-0.2, 0) is 0 Å². The molecule has 0 aliphatic rings. The fourth-order valence-corrected chi connectivity index (χ4v) is 2.16. The third kappa shape index (κ3) is 4.00. The molecular formula is C18H20FNO. The molecule has 0 fully saturated rings. The fourth-order valence-electron chi connectivity index (χ4n) is 2.16. The Morgan fingerprint density at radius 1 is 1.10 bits per heavy atom. The van der Waals surface area contributed by atoms with Gasteiger partial charge in [0.2, 0.25) is 0 Å². The molecule has 1 unspecified atom stereocenters. The minimum atomic E-state index is -0.978. The van der Waals surface area contributed by atoms with Crippen molar-refractivity contribution in [2.45, 2.75) is 6.10 Å². The van der Waals surface area contributed by atoms with Crippen molar-refractivity contribution in [1.29, 1.82) is 0 Å². The van der Waals surface area contributed by atoms with E-state index in [0.717, 1.165) is 11.1 Å². The van der Waals surface area contributed by atoms with Gasteiger partial charge in [0.05, 0.1) is 0 Å². The highest BCUT2D eigenvalue weighted by Gasteiger charge is 2.18. The Bertz CT molecular complexity index is 608. The standard InChI is InChI=1S/C18H20FNO/c1-20(2)13-12-15(14-8-4-3-5-9-14)18(21)16-10-6-7-11-17(16)19/h3-12,18,21H,13H2,1-2H3. The van der Waals surface area contributed by atoms with Crippen LogP contribution < -0.4 is 0 Å². The summed E-state index contributed by atoms with van der Waals surface area (Å²) in [5.41, 5.74) is 1.91. The highest BCUT2D eigenvalue weighted by Crippen LogP contribution is 2.31. The number of hydrogen-bond acceptors (Lipinski definition) is 2. The Morgan fingerprint density at radius 2 is 1.71 bits per heavy atom. The number of likely N-dealkylation sites (N-methyl/N-ethyl adjacent to an activating group) is 1. The van der Waals surface area contributed by atoms with E-state index < -0.39 is 11.9 Å². The van der Waals surface area contributed by atoms with E-state index in [9.17, 15) is 9.50 Å². The average Bonchev–Trinajstić information content (AvgIpc) is 2.48. The van der Waals surface area contributed by atoms with Crippen LogP contribution in [0, 0.1) is 5.82 Å². The number of aliphatic hydroxyl groups is 1. The number of halogens is 1. The highest BCUT2D eigenvalue weighted by atomic mass is 19.1. The van der Waals surface area contributed by atoms with E-state index in [2.05, 4.69) is 0 Å². The van der Waals surface area contributed by atoms with Crippen LogP contribution in [0.1, 0.15) is 17.2 Å². The molecule has 110 valence electrons. The third-order valence-electron chi connectivity index (χ3n) is 3.28. The lowest BCUT2D eigenvalue weighted by Crippen LogP contribution is -2.13. The second-order valence-electron chi connectivity index (χ2n) is 5.21. The largest absolute Gasteiger partial charge is 0.384 e. The van der Waals surface area contributed by atoms with Gasteiger partial charge in [-0.1, -0.05) is 54.6 Å². The molecule has 3 heteroatoms. The summed E-state index contributed by atoms with van der Waals surface area (Å²) in [5, 5.41) is 10.6. The van der Waals surface area contributed by atoms with E-state index in [1.165, 1.54) is 6.07 Å². The maximum absolute atomic E-state index is 13.9. The van der Waals surface area contributed by atoms with Crippen LogP contribution in [0.2, 0.25) is 0 Å². The van der Waals surface area contributed by atoms with Crippen LogP contribution in [0.4, 0.5) is 4.39 Å². The van der Waals surface area contributed by atoms with Crippen LogP contribution in [0.3, 0.4) is 0 Å². The van der Waals surface area contributed by atoms with E-state index in [-0.39, 0.29) is 0 Å². The molecule has 2 aromatic carbocycles. The van der Waals surface area contributed by atoms with Gasteiger partial charge in [0.15, 0.2) is 0 Å². The second-order valence-corrected chi connectivity index (χ2v) is 5.21. The molecule has 1 N–H and O–H groups in total. The lowest BCUT2D eigenvalue weighted by atomic mass is 9.94. The summed E-state index contributed by atoms with van der Waals surface area (Å²) in [5.74, 6) is -0.392. The van der Waals surface area contributed by atoms with Crippen molar-refractivity contribution in [3.8, 4) is 0 Å². The van der Waals surface area contributed by atoms with Gasteiger partial charge in [-0.3, -0.25) is 0 Å². The quantitative estimate of drug-likeness (QED) is 0.909. The molecule has 0 amide bonds. The lowest BCUT2D eigenvalue weighted by Gasteiger charge is -2.18. The van der Waals surface area contributed by atoms with Gasteiger partial charge in [0.1, 0.15) is 11.9 Å². The van der Waals surface area contributed by atoms with E-state index >= 15 is 0 Å². The first-order valence-electron chi connectivity index (χ1n) is 6.92. The molecule has 21 heavy (non-hydrogen) atoms. The van der Waals surface area contributed by atoms with E-state index in [1.807, 2.05) is 55.4 Å². The summed E-state index contributed by atoms with van der Waals surface area (Å²) in [6.45, 7) is 0.676. The van der Waals surface area contributed by atoms with Crippen LogP contribution in [0.15, 0.2) is 60.7 Å². The van der Waals surface area contributed by atoms with Gasteiger partial charge >= 0.3 is 0 Å². The molecule has 0 radical (unpaired) electrons. The van der Waals surface area contributed by atoms with Gasteiger partial charge in [-0.15, -0.1) is 0 Å². The van der Waals surface area contributed by atoms with Gasteiger partial charge in [0, 0.05) is 12.1 Å². The zero-order valence-electron chi connectivity index (χ0n) is 12.3. The summed E-state index contributed by atoms with van der Waals surface area (Å²) in [6, 6.07) is 15.9. The van der Waals surface area contributed by atoms with Gasteiger partial charge in [-0.25, -0.2) is 4.39 Å². The number of nitrogens with zero attached hydrogens (tertiary/aromatic N) is 1. The van der Waals surface area contributed by atoms with Crippen LogP contribution >= 0.6 is 0 Å². The molecule has 0 bridgehead atoms. The molecular weight excluding hydrogens is 265 g/mol. The topological polar surface area (TPSA) is 23.5 Å². The van der Waals surface area contributed by atoms with Crippen LogP contribution in [0.25, 0.3) is 5.57 Å². The fraction of sp³-hybridized carbons (Fsp3) is 0.222. The van der Waals surface area contributed by atoms with E-state index in [0.29, 0.717) is 12.1 Å². The Kier molecular flexibility index (Phi) is 5.26. The molecule has 0 heterocycles. The van der Waals surface area contributed by atoms with Crippen molar-refractivity contribution in [1.82, 2.24) is 4.90 Å². The monoisotopic (exact) mass is 285 g/mol. The maximum atomic E-state index is 13.9.